The number of nitrogens with zero attached hydrogens (tertiary/aromatic N) is 1. The molecule has 2 rings (SSSR count). The highest BCUT2D eigenvalue weighted by Gasteiger charge is 2.38. The monoisotopic (exact) mass is 282 g/mol. The van der Waals surface area contributed by atoms with Gasteiger partial charge in [0, 0.05) is 25.2 Å². The fourth-order valence-electron chi connectivity index (χ4n) is 2.44. The van der Waals surface area contributed by atoms with Crippen molar-refractivity contribution >= 4 is 10.0 Å². The molecule has 1 aliphatic heterocycles. The first-order valence-electron chi connectivity index (χ1n) is 6.70. The smallest absolute Gasteiger partial charge is 0.243 e. The van der Waals surface area contributed by atoms with Crippen LogP contribution in [0.15, 0.2) is 29.2 Å². The summed E-state index contributed by atoms with van der Waals surface area (Å²) in [6, 6.07) is 7.21. The molecule has 5 heteroatoms. The normalized spacial score (nSPS) is 20.4. The Morgan fingerprint density at radius 2 is 1.89 bits per heavy atom. The molecule has 1 heterocycles. The molecule has 1 aromatic carbocycles. The molecule has 0 spiro atoms. The number of hydrogen-bond acceptors (Lipinski definition) is 3. The van der Waals surface area contributed by atoms with Crippen molar-refractivity contribution in [2.45, 2.75) is 37.6 Å². The van der Waals surface area contributed by atoms with Crippen LogP contribution in [0.1, 0.15) is 26.3 Å². The Morgan fingerprint density at radius 3 is 2.42 bits per heavy atom. The van der Waals surface area contributed by atoms with Crippen molar-refractivity contribution in [2.75, 3.05) is 19.6 Å². The topological polar surface area (TPSA) is 49.4 Å². The molecule has 0 unspecified atom stereocenters. The summed E-state index contributed by atoms with van der Waals surface area (Å²) in [5.74, 6) is 0. The van der Waals surface area contributed by atoms with Gasteiger partial charge in [0.05, 0.1) is 4.90 Å². The number of sulfonamides is 1. The maximum absolute atomic E-state index is 12.7. The summed E-state index contributed by atoms with van der Waals surface area (Å²) in [6.45, 7) is 7.87. The van der Waals surface area contributed by atoms with Crippen LogP contribution in [0.25, 0.3) is 0 Å². The standard InChI is InChI=1S/C14H22N2O2S/c1-4-12-5-7-13(8-6-12)19(17,18)16-10-9-15-11-14(16,2)3/h5-8,15H,4,9-11H2,1-3H3. The lowest BCUT2D eigenvalue weighted by Crippen LogP contribution is -2.59. The van der Waals surface area contributed by atoms with Crippen LogP contribution in [0.2, 0.25) is 0 Å². The molecule has 0 aliphatic carbocycles. The van der Waals surface area contributed by atoms with Crippen LogP contribution in [-0.2, 0) is 16.4 Å². The lowest BCUT2D eigenvalue weighted by Gasteiger charge is -2.41. The van der Waals surface area contributed by atoms with E-state index in [-0.39, 0.29) is 5.54 Å². The zero-order valence-corrected chi connectivity index (χ0v) is 12.6. The molecule has 0 bridgehead atoms. The highest BCUT2D eigenvalue weighted by Crippen LogP contribution is 2.26. The van der Waals surface area contributed by atoms with Crippen LogP contribution >= 0.6 is 0 Å². The molecule has 0 amide bonds. The van der Waals surface area contributed by atoms with Gasteiger partial charge in [0.25, 0.3) is 0 Å². The van der Waals surface area contributed by atoms with Gasteiger partial charge in [-0.3, -0.25) is 0 Å². The molecule has 0 saturated carbocycles. The number of piperazine rings is 1. The van der Waals surface area contributed by atoms with Crippen LogP contribution < -0.4 is 5.32 Å². The number of rotatable bonds is 3. The van der Waals surface area contributed by atoms with E-state index in [2.05, 4.69) is 12.2 Å². The van der Waals surface area contributed by atoms with E-state index in [0.717, 1.165) is 12.0 Å². The third-order valence-corrected chi connectivity index (χ3v) is 5.77. The molecule has 1 saturated heterocycles. The van der Waals surface area contributed by atoms with Gasteiger partial charge in [0.15, 0.2) is 0 Å². The molecular weight excluding hydrogens is 260 g/mol. The van der Waals surface area contributed by atoms with E-state index in [4.69, 9.17) is 0 Å². The lowest BCUT2D eigenvalue weighted by molar-refractivity contribution is 0.186. The second kappa shape index (κ2) is 5.23. The molecule has 0 aromatic heterocycles. The van der Waals surface area contributed by atoms with Gasteiger partial charge in [-0.2, -0.15) is 4.31 Å². The van der Waals surface area contributed by atoms with E-state index in [1.165, 1.54) is 0 Å². The predicted octanol–water partition coefficient (Wildman–Crippen LogP) is 1.62. The zero-order chi connectivity index (χ0) is 14.1. The lowest BCUT2D eigenvalue weighted by atomic mass is 10.0. The molecular formula is C14H22N2O2S. The molecule has 1 aliphatic rings. The van der Waals surface area contributed by atoms with E-state index < -0.39 is 10.0 Å². The van der Waals surface area contributed by atoms with Gasteiger partial charge in [0.1, 0.15) is 0 Å². The number of nitrogens with one attached hydrogen (secondary N) is 1. The van der Waals surface area contributed by atoms with Gasteiger partial charge >= 0.3 is 0 Å². The summed E-state index contributed by atoms with van der Waals surface area (Å²) < 4.78 is 27.0. The summed E-state index contributed by atoms with van der Waals surface area (Å²) >= 11 is 0. The highest BCUT2D eigenvalue weighted by molar-refractivity contribution is 7.89. The van der Waals surface area contributed by atoms with Crippen molar-refractivity contribution in [3.63, 3.8) is 0 Å². The van der Waals surface area contributed by atoms with Crippen molar-refractivity contribution in [3.8, 4) is 0 Å². The van der Waals surface area contributed by atoms with Crippen molar-refractivity contribution < 1.29 is 8.42 Å². The maximum Gasteiger partial charge on any atom is 0.243 e. The van der Waals surface area contributed by atoms with Crippen LogP contribution in [-0.4, -0.2) is 37.9 Å². The average Bonchev–Trinajstić information content (AvgIpc) is 2.38. The molecule has 19 heavy (non-hydrogen) atoms. The van der Waals surface area contributed by atoms with E-state index in [1.807, 2.05) is 26.0 Å². The minimum atomic E-state index is -3.40. The number of benzene rings is 1. The summed E-state index contributed by atoms with van der Waals surface area (Å²) in [5.41, 5.74) is 0.763. The second-order valence-corrected chi connectivity index (χ2v) is 7.43. The zero-order valence-electron chi connectivity index (χ0n) is 11.8. The van der Waals surface area contributed by atoms with Gasteiger partial charge < -0.3 is 5.32 Å². The average molecular weight is 282 g/mol. The SMILES string of the molecule is CCc1ccc(S(=O)(=O)N2CCNCC2(C)C)cc1. The second-order valence-electron chi connectivity index (χ2n) is 5.56. The molecule has 4 nitrogen and oxygen atoms in total. The Morgan fingerprint density at radius 1 is 1.26 bits per heavy atom. The summed E-state index contributed by atoms with van der Waals surface area (Å²) in [6.07, 6.45) is 0.916. The van der Waals surface area contributed by atoms with Crippen molar-refractivity contribution in [2.24, 2.45) is 0 Å². The minimum absolute atomic E-state index is 0.388. The first-order chi connectivity index (χ1) is 8.88. The summed E-state index contributed by atoms with van der Waals surface area (Å²) in [5, 5.41) is 3.24. The Balaban J connectivity index is 2.35. The van der Waals surface area contributed by atoms with Crippen LogP contribution in [0.3, 0.4) is 0 Å². The van der Waals surface area contributed by atoms with E-state index in [0.29, 0.717) is 24.5 Å². The molecule has 1 aromatic rings. The van der Waals surface area contributed by atoms with Crippen molar-refractivity contribution in [1.82, 2.24) is 9.62 Å². The Labute approximate surface area is 115 Å². The van der Waals surface area contributed by atoms with Gasteiger partial charge in [0.2, 0.25) is 10.0 Å². The van der Waals surface area contributed by atoms with E-state index in [1.54, 1.807) is 16.4 Å². The Hall–Kier alpha value is -0.910. The third kappa shape index (κ3) is 2.83. The molecule has 0 atom stereocenters. The Kier molecular flexibility index (Phi) is 3.99. The number of aryl methyl sites for hydroxylation is 1. The molecule has 1 N–H and O–H groups in total. The maximum atomic E-state index is 12.7. The first kappa shape index (κ1) is 14.5. The molecule has 0 radical (unpaired) electrons. The van der Waals surface area contributed by atoms with Crippen LogP contribution in [0.4, 0.5) is 0 Å². The quantitative estimate of drug-likeness (QED) is 0.916. The van der Waals surface area contributed by atoms with Gasteiger partial charge in [-0.25, -0.2) is 8.42 Å². The highest BCUT2D eigenvalue weighted by atomic mass is 32.2. The van der Waals surface area contributed by atoms with E-state index in [9.17, 15) is 8.42 Å². The van der Waals surface area contributed by atoms with Crippen molar-refractivity contribution in [3.05, 3.63) is 29.8 Å². The largest absolute Gasteiger partial charge is 0.314 e. The van der Waals surface area contributed by atoms with Gasteiger partial charge in [-0.1, -0.05) is 19.1 Å². The van der Waals surface area contributed by atoms with Gasteiger partial charge in [-0.15, -0.1) is 0 Å². The van der Waals surface area contributed by atoms with Gasteiger partial charge in [-0.05, 0) is 38.0 Å². The fraction of sp³-hybridized carbons (Fsp3) is 0.571. The van der Waals surface area contributed by atoms with Crippen LogP contribution in [0.5, 0.6) is 0 Å². The van der Waals surface area contributed by atoms with E-state index >= 15 is 0 Å². The summed E-state index contributed by atoms with van der Waals surface area (Å²) in [4.78, 5) is 0.389. The van der Waals surface area contributed by atoms with Crippen LogP contribution in [0, 0.1) is 0 Å². The minimum Gasteiger partial charge on any atom is -0.314 e. The summed E-state index contributed by atoms with van der Waals surface area (Å²) in [7, 11) is -3.40. The predicted molar refractivity (Wildman–Crippen MR) is 76.7 cm³/mol. The molecule has 106 valence electrons. The Bertz CT molecular complexity index is 535. The number of hydrogen-bond donors (Lipinski definition) is 1. The first-order valence-corrected chi connectivity index (χ1v) is 8.14. The fourth-order valence-corrected chi connectivity index (χ4v) is 4.22. The molecule has 1 fully saturated rings. The third-order valence-electron chi connectivity index (χ3n) is 3.64. The van der Waals surface area contributed by atoms with Crippen molar-refractivity contribution in [1.29, 1.82) is 0 Å².